The maximum atomic E-state index is 13.9. The molecule has 0 atom stereocenters. The molecule has 0 bridgehead atoms. The molecule has 3 rings (SSSR count). The molecule has 0 aliphatic rings. The van der Waals surface area contributed by atoms with Gasteiger partial charge >= 0.3 is 0 Å². The van der Waals surface area contributed by atoms with Gasteiger partial charge in [-0.25, -0.2) is 4.39 Å². The summed E-state index contributed by atoms with van der Waals surface area (Å²) in [7, 11) is 0. The average molecular weight is 412 g/mol. The van der Waals surface area contributed by atoms with Gasteiger partial charge in [-0.05, 0) is 36.4 Å². The van der Waals surface area contributed by atoms with Crippen LogP contribution in [0.1, 0.15) is 0 Å². The summed E-state index contributed by atoms with van der Waals surface area (Å²) in [6.45, 7) is 0. The number of nitrogen functional groups attached to an aromatic ring is 1. The number of fused-ring (bicyclic) bond motifs is 1. The maximum Gasteiger partial charge on any atom is 0.166 e. The number of rotatable bonds is 2. The first kappa shape index (κ1) is 14.3. The van der Waals surface area contributed by atoms with Crippen LogP contribution in [0.25, 0.3) is 10.9 Å². The summed E-state index contributed by atoms with van der Waals surface area (Å²) in [6, 6.07) is 10.1. The zero-order valence-corrected chi connectivity index (χ0v) is 13.8. The summed E-state index contributed by atoms with van der Waals surface area (Å²) in [6.07, 6.45) is 1.50. The summed E-state index contributed by atoms with van der Waals surface area (Å²) in [5, 5.41) is 0.715. The number of halogens is 3. The Bertz CT molecular complexity index is 834. The zero-order chi connectivity index (χ0) is 15.0. The highest BCUT2D eigenvalue weighted by Gasteiger charge is 2.12. The predicted molar refractivity (Wildman–Crippen MR) is 88.0 cm³/mol. The standard InChI is InChI=1S/C15H9Br2FN2O/c16-8-1-3-13-10(5-8)15(12(19)7-20-13)21-14-4-2-9(17)6-11(14)18/h1-7H,19H2. The van der Waals surface area contributed by atoms with Crippen LogP contribution in [0.4, 0.5) is 10.1 Å². The number of hydrogen-bond donors (Lipinski definition) is 1. The Kier molecular flexibility index (Phi) is 3.82. The van der Waals surface area contributed by atoms with E-state index in [0.717, 1.165) is 9.99 Å². The number of nitrogens with two attached hydrogens (primary N) is 1. The fourth-order valence-electron chi connectivity index (χ4n) is 1.94. The van der Waals surface area contributed by atoms with Gasteiger partial charge in [-0.3, -0.25) is 4.98 Å². The largest absolute Gasteiger partial charge is 0.451 e. The molecule has 2 aromatic carbocycles. The summed E-state index contributed by atoms with van der Waals surface area (Å²) >= 11 is 6.61. The predicted octanol–water partition coefficient (Wildman–Crippen LogP) is 5.27. The molecule has 3 nitrogen and oxygen atoms in total. The number of benzene rings is 2. The van der Waals surface area contributed by atoms with Gasteiger partial charge in [0, 0.05) is 14.3 Å². The topological polar surface area (TPSA) is 48.1 Å². The van der Waals surface area contributed by atoms with Crippen molar-refractivity contribution in [1.82, 2.24) is 4.98 Å². The van der Waals surface area contributed by atoms with Crippen LogP contribution in [0.5, 0.6) is 11.5 Å². The van der Waals surface area contributed by atoms with Crippen LogP contribution in [0.2, 0.25) is 0 Å². The lowest BCUT2D eigenvalue weighted by Gasteiger charge is -2.12. The third-order valence-corrected chi connectivity index (χ3v) is 3.90. The van der Waals surface area contributed by atoms with Crippen LogP contribution in [0.3, 0.4) is 0 Å². The van der Waals surface area contributed by atoms with E-state index in [1.165, 1.54) is 12.3 Å². The van der Waals surface area contributed by atoms with Gasteiger partial charge in [0.25, 0.3) is 0 Å². The van der Waals surface area contributed by atoms with Crippen molar-refractivity contribution < 1.29 is 9.13 Å². The van der Waals surface area contributed by atoms with E-state index in [2.05, 4.69) is 36.8 Å². The average Bonchev–Trinajstić information content (AvgIpc) is 2.44. The van der Waals surface area contributed by atoms with E-state index >= 15 is 0 Å². The molecule has 106 valence electrons. The van der Waals surface area contributed by atoms with Crippen LogP contribution in [-0.4, -0.2) is 4.98 Å². The van der Waals surface area contributed by atoms with Gasteiger partial charge in [0.2, 0.25) is 0 Å². The highest BCUT2D eigenvalue weighted by molar-refractivity contribution is 9.10. The number of ether oxygens (including phenoxy) is 1. The second kappa shape index (κ2) is 5.61. The van der Waals surface area contributed by atoms with E-state index in [1.807, 2.05) is 18.2 Å². The van der Waals surface area contributed by atoms with Gasteiger partial charge in [0.05, 0.1) is 17.4 Å². The quantitative estimate of drug-likeness (QED) is 0.624. The van der Waals surface area contributed by atoms with Crippen LogP contribution < -0.4 is 10.5 Å². The molecule has 1 heterocycles. The molecule has 0 aliphatic heterocycles. The molecule has 0 amide bonds. The molecule has 0 fully saturated rings. The Morgan fingerprint density at radius 1 is 1.05 bits per heavy atom. The zero-order valence-electron chi connectivity index (χ0n) is 10.6. The highest BCUT2D eigenvalue weighted by Crippen LogP contribution is 2.36. The number of aromatic nitrogens is 1. The van der Waals surface area contributed by atoms with Crippen molar-refractivity contribution >= 4 is 48.5 Å². The van der Waals surface area contributed by atoms with Gasteiger partial charge in [-0.1, -0.05) is 31.9 Å². The second-order valence-electron chi connectivity index (χ2n) is 4.38. The lowest BCUT2D eigenvalue weighted by molar-refractivity contribution is 0.447. The molecule has 0 saturated heterocycles. The Balaban J connectivity index is 2.15. The summed E-state index contributed by atoms with van der Waals surface area (Å²) in [5.41, 5.74) is 7.00. The molecule has 3 aromatic rings. The van der Waals surface area contributed by atoms with Gasteiger partial charge in [0.15, 0.2) is 17.3 Å². The van der Waals surface area contributed by atoms with Gasteiger partial charge in [-0.2, -0.15) is 0 Å². The number of nitrogens with zero attached hydrogens (tertiary/aromatic N) is 1. The van der Waals surface area contributed by atoms with Crippen molar-refractivity contribution in [2.45, 2.75) is 0 Å². The minimum Gasteiger partial charge on any atom is -0.451 e. The molecule has 21 heavy (non-hydrogen) atoms. The van der Waals surface area contributed by atoms with Crippen molar-refractivity contribution in [3.05, 3.63) is 57.4 Å². The molecule has 0 radical (unpaired) electrons. The highest BCUT2D eigenvalue weighted by atomic mass is 79.9. The van der Waals surface area contributed by atoms with Crippen molar-refractivity contribution in [3.63, 3.8) is 0 Å². The van der Waals surface area contributed by atoms with E-state index in [4.69, 9.17) is 10.5 Å². The first-order valence-corrected chi connectivity index (χ1v) is 7.60. The van der Waals surface area contributed by atoms with Gasteiger partial charge < -0.3 is 10.5 Å². The van der Waals surface area contributed by atoms with Gasteiger partial charge in [0.1, 0.15) is 0 Å². The van der Waals surface area contributed by atoms with E-state index < -0.39 is 5.82 Å². The molecule has 0 saturated carbocycles. The third-order valence-electron chi connectivity index (χ3n) is 2.91. The number of pyridine rings is 1. The molecule has 6 heteroatoms. The molecular formula is C15H9Br2FN2O. The molecular weight excluding hydrogens is 403 g/mol. The van der Waals surface area contributed by atoms with Crippen LogP contribution in [0.15, 0.2) is 51.5 Å². The normalized spacial score (nSPS) is 10.8. The van der Waals surface area contributed by atoms with Crippen molar-refractivity contribution in [1.29, 1.82) is 0 Å². The summed E-state index contributed by atoms with van der Waals surface area (Å²) < 4.78 is 21.1. The monoisotopic (exact) mass is 410 g/mol. The Morgan fingerprint density at radius 3 is 2.52 bits per heavy atom. The van der Waals surface area contributed by atoms with Gasteiger partial charge in [-0.15, -0.1) is 0 Å². The van der Waals surface area contributed by atoms with Crippen LogP contribution in [0, 0.1) is 5.82 Å². The SMILES string of the molecule is Nc1cnc2ccc(Br)cc2c1Oc1ccc(Br)cc1F. The smallest absolute Gasteiger partial charge is 0.166 e. The van der Waals surface area contributed by atoms with Crippen molar-refractivity contribution in [2.75, 3.05) is 5.73 Å². The van der Waals surface area contributed by atoms with Crippen LogP contribution in [-0.2, 0) is 0 Å². The second-order valence-corrected chi connectivity index (χ2v) is 6.21. The molecule has 1 aromatic heterocycles. The van der Waals surface area contributed by atoms with Crippen molar-refractivity contribution in [2.24, 2.45) is 0 Å². The molecule has 2 N–H and O–H groups in total. The number of hydrogen-bond acceptors (Lipinski definition) is 3. The first-order valence-electron chi connectivity index (χ1n) is 6.01. The lowest BCUT2D eigenvalue weighted by atomic mass is 10.2. The Labute approximate surface area is 137 Å². The fourth-order valence-corrected chi connectivity index (χ4v) is 2.63. The van der Waals surface area contributed by atoms with E-state index in [9.17, 15) is 4.39 Å². The molecule has 0 aliphatic carbocycles. The van der Waals surface area contributed by atoms with E-state index in [0.29, 0.717) is 21.3 Å². The fraction of sp³-hybridized carbons (Fsp3) is 0. The van der Waals surface area contributed by atoms with E-state index in [1.54, 1.807) is 12.1 Å². The first-order chi connectivity index (χ1) is 10.0. The minimum absolute atomic E-state index is 0.109. The molecule has 0 spiro atoms. The van der Waals surface area contributed by atoms with Crippen LogP contribution >= 0.6 is 31.9 Å². The third kappa shape index (κ3) is 2.87. The number of anilines is 1. The lowest BCUT2D eigenvalue weighted by Crippen LogP contribution is -1.96. The maximum absolute atomic E-state index is 13.9. The van der Waals surface area contributed by atoms with Crippen molar-refractivity contribution in [3.8, 4) is 11.5 Å². The minimum atomic E-state index is -0.469. The summed E-state index contributed by atoms with van der Waals surface area (Å²) in [5.74, 6) is 0.0311. The molecule has 0 unspecified atom stereocenters. The van der Waals surface area contributed by atoms with E-state index in [-0.39, 0.29) is 5.75 Å². The summed E-state index contributed by atoms with van der Waals surface area (Å²) in [4.78, 5) is 4.23. The Hall–Kier alpha value is -1.66. The Morgan fingerprint density at radius 2 is 1.76 bits per heavy atom.